The number of nitrogens with zero attached hydrogens (tertiary/aromatic N) is 4. The maximum atomic E-state index is 12.9. The van der Waals surface area contributed by atoms with Crippen LogP contribution in [0.15, 0.2) is 36.7 Å². The van der Waals surface area contributed by atoms with Crippen molar-refractivity contribution in [1.82, 2.24) is 14.9 Å². The van der Waals surface area contributed by atoms with Gasteiger partial charge in [-0.2, -0.15) is 4.98 Å². The van der Waals surface area contributed by atoms with E-state index in [9.17, 15) is 9.18 Å². The zero-order valence-electron chi connectivity index (χ0n) is 13.5. The Bertz CT molecular complexity index is 681. The second kappa shape index (κ2) is 8.21. The van der Waals surface area contributed by atoms with E-state index in [0.29, 0.717) is 24.7 Å². The van der Waals surface area contributed by atoms with E-state index in [0.717, 1.165) is 0 Å². The van der Waals surface area contributed by atoms with Gasteiger partial charge in [0.25, 0.3) is 0 Å². The lowest BCUT2D eigenvalue weighted by Gasteiger charge is -2.22. The van der Waals surface area contributed by atoms with Crippen molar-refractivity contribution in [2.45, 2.75) is 0 Å². The topological polar surface area (TPSA) is 78.8 Å². The number of carbonyl (C=O) groups excluding carboxylic acids is 1. The van der Waals surface area contributed by atoms with Gasteiger partial charge in [0.1, 0.15) is 18.2 Å². The number of aliphatic hydroxyl groups excluding tert-OH is 1. The van der Waals surface area contributed by atoms with E-state index in [4.69, 9.17) is 9.84 Å². The van der Waals surface area contributed by atoms with Crippen LogP contribution in [-0.4, -0.2) is 59.7 Å². The third kappa shape index (κ3) is 4.88. The Morgan fingerprint density at radius 1 is 1.21 bits per heavy atom. The van der Waals surface area contributed by atoms with Crippen LogP contribution in [0, 0.1) is 5.82 Å². The Hall–Kier alpha value is -2.74. The maximum Gasteiger partial charge on any atom is 0.248 e. The Morgan fingerprint density at radius 3 is 2.58 bits per heavy atom. The minimum atomic E-state index is -0.513. The molecular formula is C16H19FN4O3. The van der Waals surface area contributed by atoms with Gasteiger partial charge in [-0.05, 0) is 24.3 Å². The molecule has 128 valence electrons. The SMILES string of the molecule is CN(CCN(C)c1cncc(Oc2ccc(F)cc2)n1)C(=O)CO. The van der Waals surface area contributed by atoms with Crippen LogP contribution in [0.1, 0.15) is 0 Å². The fourth-order valence-electron chi connectivity index (χ4n) is 1.85. The molecule has 1 heterocycles. The number of hydrogen-bond acceptors (Lipinski definition) is 6. The molecule has 0 unspecified atom stereocenters. The van der Waals surface area contributed by atoms with Crippen molar-refractivity contribution >= 4 is 11.7 Å². The molecule has 1 aromatic carbocycles. The van der Waals surface area contributed by atoms with Gasteiger partial charge in [0, 0.05) is 27.2 Å². The first kappa shape index (κ1) is 17.6. The molecule has 0 atom stereocenters. The van der Waals surface area contributed by atoms with Crippen molar-refractivity contribution in [3.05, 3.63) is 42.5 Å². The van der Waals surface area contributed by atoms with Crippen LogP contribution in [-0.2, 0) is 4.79 Å². The number of halogens is 1. The third-order valence-corrected chi connectivity index (χ3v) is 3.36. The van der Waals surface area contributed by atoms with E-state index in [2.05, 4.69) is 9.97 Å². The zero-order valence-corrected chi connectivity index (χ0v) is 13.5. The predicted octanol–water partition coefficient (Wildman–Crippen LogP) is 1.29. The highest BCUT2D eigenvalue weighted by Crippen LogP contribution is 2.20. The van der Waals surface area contributed by atoms with Crippen LogP contribution in [0.4, 0.5) is 10.2 Å². The molecule has 1 aromatic heterocycles. The molecular weight excluding hydrogens is 315 g/mol. The zero-order chi connectivity index (χ0) is 17.5. The average molecular weight is 334 g/mol. The van der Waals surface area contributed by atoms with Gasteiger partial charge in [-0.15, -0.1) is 0 Å². The standard InChI is InChI=1S/C16H19FN4O3/c1-20(7-8-21(2)16(23)11-22)14-9-18-10-15(19-14)24-13-5-3-12(17)4-6-13/h3-6,9-10,22H,7-8,11H2,1-2H3. The number of carbonyl (C=O) groups is 1. The molecule has 2 rings (SSSR count). The first-order valence-corrected chi connectivity index (χ1v) is 7.31. The van der Waals surface area contributed by atoms with E-state index in [-0.39, 0.29) is 17.6 Å². The monoisotopic (exact) mass is 334 g/mol. The first-order valence-electron chi connectivity index (χ1n) is 7.31. The number of hydrogen-bond donors (Lipinski definition) is 1. The van der Waals surface area contributed by atoms with Gasteiger partial charge in [0.15, 0.2) is 5.82 Å². The number of amides is 1. The summed E-state index contributed by atoms with van der Waals surface area (Å²) < 4.78 is 18.4. The van der Waals surface area contributed by atoms with Gasteiger partial charge in [-0.25, -0.2) is 4.39 Å². The molecule has 0 aliphatic heterocycles. The van der Waals surface area contributed by atoms with Crippen molar-refractivity contribution in [2.24, 2.45) is 0 Å². The van der Waals surface area contributed by atoms with Crippen LogP contribution < -0.4 is 9.64 Å². The normalized spacial score (nSPS) is 10.3. The van der Waals surface area contributed by atoms with Crippen LogP contribution in [0.2, 0.25) is 0 Å². The molecule has 0 saturated heterocycles. The quantitative estimate of drug-likeness (QED) is 0.822. The van der Waals surface area contributed by atoms with Crippen molar-refractivity contribution in [3.8, 4) is 11.6 Å². The molecule has 1 N–H and O–H groups in total. The van der Waals surface area contributed by atoms with E-state index in [1.54, 1.807) is 13.2 Å². The summed E-state index contributed by atoms with van der Waals surface area (Å²) in [5.74, 6) is 0.621. The molecule has 24 heavy (non-hydrogen) atoms. The highest BCUT2D eigenvalue weighted by Gasteiger charge is 2.10. The number of anilines is 1. The van der Waals surface area contributed by atoms with Crippen LogP contribution in [0.5, 0.6) is 11.6 Å². The van der Waals surface area contributed by atoms with Crippen molar-refractivity contribution in [3.63, 3.8) is 0 Å². The second-order valence-corrected chi connectivity index (χ2v) is 5.17. The lowest BCUT2D eigenvalue weighted by molar-refractivity contribution is -0.132. The van der Waals surface area contributed by atoms with E-state index < -0.39 is 6.61 Å². The summed E-state index contributed by atoms with van der Waals surface area (Å²) in [6, 6.07) is 5.60. The molecule has 2 aromatic rings. The molecule has 0 aliphatic rings. The Morgan fingerprint density at radius 2 is 1.92 bits per heavy atom. The molecule has 0 bridgehead atoms. The van der Waals surface area contributed by atoms with E-state index in [1.807, 2.05) is 11.9 Å². The van der Waals surface area contributed by atoms with Gasteiger partial charge >= 0.3 is 0 Å². The van der Waals surface area contributed by atoms with Gasteiger partial charge in [0.05, 0.1) is 12.4 Å². The average Bonchev–Trinajstić information content (AvgIpc) is 2.60. The van der Waals surface area contributed by atoms with Crippen LogP contribution in [0.3, 0.4) is 0 Å². The summed E-state index contributed by atoms with van der Waals surface area (Å²) in [5.41, 5.74) is 0. The maximum absolute atomic E-state index is 12.9. The summed E-state index contributed by atoms with van der Waals surface area (Å²) in [5, 5.41) is 8.81. The lowest BCUT2D eigenvalue weighted by atomic mass is 10.3. The lowest BCUT2D eigenvalue weighted by Crippen LogP contribution is -2.36. The second-order valence-electron chi connectivity index (χ2n) is 5.17. The minimum absolute atomic E-state index is 0.283. The molecule has 1 amide bonds. The Balaban J connectivity index is 1.98. The van der Waals surface area contributed by atoms with Crippen molar-refractivity contribution in [2.75, 3.05) is 38.7 Å². The van der Waals surface area contributed by atoms with E-state index >= 15 is 0 Å². The van der Waals surface area contributed by atoms with Gasteiger partial charge < -0.3 is 19.6 Å². The summed E-state index contributed by atoms with van der Waals surface area (Å²) in [6.07, 6.45) is 3.04. The number of rotatable bonds is 7. The van der Waals surface area contributed by atoms with E-state index in [1.165, 1.54) is 35.4 Å². The van der Waals surface area contributed by atoms with Gasteiger partial charge in [-0.3, -0.25) is 9.78 Å². The summed E-state index contributed by atoms with van der Waals surface area (Å²) in [7, 11) is 3.43. The summed E-state index contributed by atoms with van der Waals surface area (Å²) >= 11 is 0. The molecule has 0 saturated carbocycles. The van der Waals surface area contributed by atoms with Crippen LogP contribution in [0.25, 0.3) is 0 Å². The molecule has 0 fully saturated rings. The summed E-state index contributed by atoms with van der Waals surface area (Å²) in [4.78, 5) is 23.0. The Kier molecular flexibility index (Phi) is 6.02. The van der Waals surface area contributed by atoms with Gasteiger partial charge in [-0.1, -0.05) is 0 Å². The highest BCUT2D eigenvalue weighted by atomic mass is 19.1. The predicted molar refractivity (Wildman–Crippen MR) is 86.5 cm³/mol. The van der Waals surface area contributed by atoms with Crippen LogP contribution >= 0.6 is 0 Å². The van der Waals surface area contributed by atoms with Gasteiger partial charge in [0.2, 0.25) is 11.8 Å². The number of likely N-dealkylation sites (N-methyl/N-ethyl adjacent to an activating group) is 2. The smallest absolute Gasteiger partial charge is 0.248 e. The largest absolute Gasteiger partial charge is 0.437 e. The fraction of sp³-hybridized carbons (Fsp3) is 0.312. The third-order valence-electron chi connectivity index (χ3n) is 3.36. The first-order chi connectivity index (χ1) is 11.5. The Labute approximate surface area is 139 Å². The highest BCUT2D eigenvalue weighted by molar-refractivity contribution is 5.76. The minimum Gasteiger partial charge on any atom is -0.437 e. The number of aliphatic hydroxyl groups is 1. The molecule has 0 spiro atoms. The molecule has 0 aliphatic carbocycles. The van der Waals surface area contributed by atoms with Crippen molar-refractivity contribution in [1.29, 1.82) is 0 Å². The molecule has 7 nitrogen and oxygen atoms in total. The fourth-order valence-corrected chi connectivity index (χ4v) is 1.85. The number of ether oxygens (including phenoxy) is 1. The number of benzene rings is 1. The molecule has 0 radical (unpaired) electrons. The number of aromatic nitrogens is 2. The molecule has 8 heteroatoms. The summed E-state index contributed by atoms with van der Waals surface area (Å²) in [6.45, 7) is 0.429. The van der Waals surface area contributed by atoms with Crippen molar-refractivity contribution < 1.29 is 19.0 Å².